The molecule has 0 unspecified atom stereocenters. The van der Waals surface area contributed by atoms with Crippen LogP contribution >= 0.6 is 7.60 Å². The Morgan fingerprint density at radius 1 is 1.50 bits per heavy atom. The second-order valence-electron chi connectivity index (χ2n) is 3.42. The Bertz CT molecular complexity index is 263. The first-order valence-corrected chi connectivity index (χ1v) is 6.21. The molecule has 0 aromatic rings. The number of nitrogens with zero attached hydrogens (tertiary/aromatic N) is 1. The first kappa shape index (κ1) is 11.7. The van der Waals surface area contributed by atoms with Gasteiger partial charge in [0.25, 0.3) is 0 Å². The van der Waals surface area contributed by atoms with Gasteiger partial charge in [0.1, 0.15) is 6.04 Å². The normalized spacial score (nSPS) is 24.0. The summed E-state index contributed by atoms with van der Waals surface area (Å²) in [7, 11) is -4.01. The van der Waals surface area contributed by atoms with E-state index < -0.39 is 19.6 Å². The molecule has 1 heterocycles. The molecule has 0 radical (unpaired) electrons. The number of likely N-dealkylation sites (tertiary alicyclic amines) is 1. The topological polar surface area (TPSA) is 98.1 Å². The Morgan fingerprint density at radius 2 is 2.14 bits per heavy atom. The van der Waals surface area contributed by atoms with Crippen LogP contribution in [-0.2, 0) is 9.36 Å². The van der Waals surface area contributed by atoms with Crippen LogP contribution in [0.3, 0.4) is 0 Å². The zero-order chi connectivity index (χ0) is 10.8. The summed E-state index contributed by atoms with van der Waals surface area (Å²) in [5, 5.41) is 8.78. The Balaban J connectivity index is 2.44. The molecule has 6 nitrogen and oxygen atoms in total. The Labute approximate surface area is 81.7 Å². The molecule has 1 aliphatic rings. The Kier molecular flexibility index (Phi) is 3.66. The zero-order valence-corrected chi connectivity index (χ0v) is 8.56. The minimum absolute atomic E-state index is 0.154. The lowest BCUT2D eigenvalue weighted by molar-refractivity contribution is -0.142. The molecule has 0 bridgehead atoms. The van der Waals surface area contributed by atoms with Gasteiger partial charge in [0.05, 0.1) is 6.16 Å². The number of rotatable bonds is 4. The van der Waals surface area contributed by atoms with Crippen molar-refractivity contribution in [3.05, 3.63) is 0 Å². The van der Waals surface area contributed by atoms with Crippen molar-refractivity contribution in [1.29, 1.82) is 0 Å². The van der Waals surface area contributed by atoms with E-state index >= 15 is 0 Å². The number of carboxylic acid groups (broad SMARTS) is 1. The number of carbonyl (C=O) groups is 1. The van der Waals surface area contributed by atoms with E-state index in [1.165, 1.54) is 0 Å². The highest BCUT2D eigenvalue weighted by atomic mass is 31.2. The molecular formula is C7H14NO5P. The molecule has 3 N–H and O–H groups in total. The van der Waals surface area contributed by atoms with Gasteiger partial charge in [-0.05, 0) is 19.4 Å². The molecule has 0 aromatic carbocycles. The van der Waals surface area contributed by atoms with Crippen LogP contribution in [0, 0.1) is 0 Å². The van der Waals surface area contributed by atoms with E-state index in [1.54, 1.807) is 4.90 Å². The van der Waals surface area contributed by atoms with Gasteiger partial charge < -0.3 is 14.9 Å². The summed E-state index contributed by atoms with van der Waals surface area (Å²) in [4.78, 5) is 29.6. The van der Waals surface area contributed by atoms with Crippen molar-refractivity contribution < 1.29 is 24.3 Å². The van der Waals surface area contributed by atoms with Crippen LogP contribution in [0.5, 0.6) is 0 Å². The van der Waals surface area contributed by atoms with Crippen molar-refractivity contribution in [3.8, 4) is 0 Å². The number of hydrogen-bond acceptors (Lipinski definition) is 3. The predicted molar refractivity (Wildman–Crippen MR) is 49.1 cm³/mol. The van der Waals surface area contributed by atoms with E-state index in [0.29, 0.717) is 13.0 Å². The van der Waals surface area contributed by atoms with E-state index in [4.69, 9.17) is 14.9 Å². The van der Waals surface area contributed by atoms with Crippen molar-refractivity contribution in [2.45, 2.75) is 18.9 Å². The van der Waals surface area contributed by atoms with Gasteiger partial charge in [-0.3, -0.25) is 14.3 Å². The van der Waals surface area contributed by atoms with E-state index in [1.807, 2.05) is 0 Å². The minimum Gasteiger partial charge on any atom is -0.480 e. The molecule has 1 aliphatic heterocycles. The number of aliphatic carboxylic acids is 1. The summed E-state index contributed by atoms with van der Waals surface area (Å²) >= 11 is 0. The van der Waals surface area contributed by atoms with Gasteiger partial charge in [-0.1, -0.05) is 0 Å². The summed E-state index contributed by atoms with van der Waals surface area (Å²) in [6, 6.07) is -0.568. The van der Waals surface area contributed by atoms with Gasteiger partial charge in [0, 0.05) is 6.54 Å². The number of hydrogen-bond donors (Lipinski definition) is 3. The molecule has 0 spiro atoms. The third-order valence-electron chi connectivity index (χ3n) is 2.33. The third kappa shape index (κ3) is 3.38. The van der Waals surface area contributed by atoms with Crippen LogP contribution in [0.4, 0.5) is 0 Å². The summed E-state index contributed by atoms with van der Waals surface area (Å²) in [5.74, 6) is -0.909. The van der Waals surface area contributed by atoms with Crippen LogP contribution in [0.25, 0.3) is 0 Å². The van der Waals surface area contributed by atoms with Gasteiger partial charge in [0.2, 0.25) is 0 Å². The molecule has 1 saturated heterocycles. The fourth-order valence-corrected chi connectivity index (χ4v) is 2.15. The van der Waals surface area contributed by atoms with Crippen molar-refractivity contribution >= 4 is 13.6 Å². The lowest BCUT2D eigenvalue weighted by atomic mass is 10.2. The number of carboxylic acids is 1. The third-order valence-corrected chi connectivity index (χ3v) is 3.11. The average Bonchev–Trinajstić information content (AvgIpc) is 2.46. The fourth-order valence-electron chi connectivity index (χ4n) is 1.63. The maximum absolute atomic E-state index is 10.7. The predicted octanol–water partition coefficient (Wildman–Crippen LogP) is -0.287. The highest BCUT2D eigenvalue weighted by Crippen LogP contribution is 2.34. The lowest BCUT2D eigenvalue weighted by Gasteiger charge is -2.20. The first-order valence-electron chi connectivity index (χ1n) is 4.41. The molecular weight excluding hydrogens is 209 g/mol. The standard InChI is InChI=1S/C7H14NO5P/c9-7(10)6-2-1-3-8(6)4-5-14(11,12)13/h6H,1-5H2,(H,9,10)(H2,11,12,13)/t6-/m0/s1. The quantitative estimate of drug-likeness (QED) is 0.567. The molecule has 14 heavy (non-hydrogen) atoms. The summed E-state index contributed by atoms with van der Waals surface area (Å²) in [5.41, 5.74) is 0. The average molecular weight is 223 g/mol. The SMILES string of the molecule is O=C(O)[C@@H]1CCCN1CCP(=O)(O)O. The van der Waals surface area contributed by atoms with Crippen LogP contribution in [0.15, 0.2) is 0 Å². The van der Waals surface area contributed by atoms with Gasteiger partial charge in [-0.25, -0.2) is 0 Å². The Morgan fingerprint density at radius 3 is 2.64 bits per heavy atom. The molecule has 0 aromatic heterocycles. The monoisotopic (exact) mass is 223 g/mol. The second-order valence-corrected chi connectivity index (χ2v) is 5.20. The van der Waals surface area contributed by atoms with Crippen LogP contribution in [0.2, 0.25) is 0 Å². The highest BCUT2D eigenvalue weighted by Gasteiger charge is 2.31. The molecule has 82 valence electrons. The van der Waals surface area contributed by atoms with Crippen molar-refractivity contribution in [2.75, 3.05) is 19.3 Å². The lowest BCUT2D eigenvalue weighted by Crippen LogP contribution is -2.37. The molecule has 0 amide bonds. The minimum atomic E-state index is -4.01. The van der Waals surface area contributed by atoms with Crippen molar-refractivity contribution in [3.63, 3.8) is 0 Å². The van der Waals surface area contributed by atoms with Crippen LogP contribution in [0.1, 0.15) is 12.8 Å². The van der Waals surface area contributed by atoms with E-state index in [2.05, 4.69) is 0 Å². The molecule has 0 aliphatic carbocycles. The van der Waals surface area contributed by atoms with Gasteiger partial charge in [0.15, 0.2) is 0 Å². The summed E-state index contributed by atoms with van der Waals surface area (Å²) < 4.78 is 10.6. The molecule has 0 saturated carbocycles. The maximum Gasteiger partial charge on any atom is 0.326 e. The smallest absolute Gasteiger partial charge is 0.326 e. The Hall–Kier alpha value is -0.420. The molecule has 1 rings (SSSR count). The first-order chi connectivity index (χ1) is 6.40. The van der Waals surface area contributed by atoms with E-state index in [-0.39, 0.29) is 12.7 Å². The zero-order valence-electron chi connectivity index (χ0n) is 7.67. The molecule has 1 fully saturated rings. The molecule has 7 heteroatoms. The van der Waals surface area contributed by atoms with Gasteiger partial charge in [-0.2, -0.15) is 0 Å². The maximum atomic E-state index is 10.7. The van der Waals surface area contributed by atoms with Gasteiger partial charge in [-0.15, -0.1) is 0 Å². The summed E-state index contributed by atoms with van der Waals surface area (Å²) in [6.45, 7) is 0.762. The van der Waals surface area contributed by atoms with Crippen molar-refractivity contribution in [1.82, 2.24) is 4.90 Å². The fraction of sp³-hybridized carbons (Fsp3) is 0.857. The summed E-state index contributed by atoms with van der Waals surface area (Å²) in [6.07, 6.45) is 1.07. The largest absolute Gasteiger partial charge is 0.480 e. The van der Waals surface area contributed by atoms with Crippen LogP contribution in [-0.4, -0.2) is 51.1 Å². The van der Waals surface area contributed by atoms with Crippen LogP contribution < -0.4 is 0 Å². The molecule has 1 atom stereocenters. The van der Waals surface area contributed by atoms with E-state index in [0.717, 1.165) is 6.42 Å². The highest BCUT2D eigenvalue weighted by molar-refractivity contribution is 7.51. The second kappa shape index (κ2) is 4.40. The van der Waals surface area contributed by atoms with Gasteiger partial charge >= 0.3 is 13.6 Å². The van der Waals surface area contributed by atoms with Crippen molar-refractivity contribution in [2.24, 2.45) is 0 Å². The van der Waals surface area contributed by atoms with E-state index in [9.17, 15) is 9.36 Å².